The normalized spacial score (nSPS) is 16.0. The summed E-state index contributed by atoms with van der Waals surface area (Å²) in [6.45, 7) is 4.90. The van der Waals surface area contributed by atoms with Crippen LogP contribution in [-0.2, 0) is 11.3 Å². The van der Waals surface area contributed by atoms with Gasteiger partial charge < -0.3 is 5.32 Å². The third-order valence-corrected chi connectivity index (χ3v) is 5.48. The van der Waals surface area contributed by atoms with Gasteiger partial charge in [-0.3, -0.25) is 9.69 Å². The topological polar surface area (TPSA) is 32.3 Å². The van der Waals surface area contributed by atoms with Crippen LogP contribution in [0.3, 0.4) is 0 Å². The van der Waals surface area contributed by atoms with E-state index in [2.05, 4.69) is 41.4 Å². The van der Waals surface area contributed by atoms with Gasteiger partial charge in [-0.2, -0.15) is 0 Å². The highest BCUT2D eigenvalue weighted by atomic mass is 35.5. The molecule has 1 N–H and O–H groups in total. The van der Waals surface area contributed by atoms with Gasteiger partial charge in [0, 0.05) is 12.5 Å². The molecular weight excluding hydrogens is 355 g/mol. The molecule has 1 aliphatic heterocycles. The van der Waals surface area contributed by atoms with Crippen LogP contribution < -0.4 is 5.32 Å². The fourth-order valence-electron chi connectivity index (χ4n) is 3.26. The molecule has 2 aromatic rings. The lowest BCUT2D eigenvalue weighted by Crippen LogP contribution is -2.37. The van der Waals surface area contributed by atoms with Gasteiger partial charge in [-0.25, -0.2) is 0 Å². The molecular formula is C20H22Cl2N2O. The van der Waals surface area contributed by atoms with Crippen LogP contribution in [0.2, 0.25) is 10.0 Å². The average molecular weight is 377 g/mol. The van der Waals surface area contributed by atoms with Crippen LogP contribution in [0.4, 0.5) is 5.69 Å². The Labute approximate surface area is 158 Å². The van der Waals surface area contributed by atoms with Crippen LogP contribution >= 0.6 is 23.2 Å². The Morgan fingerprint density at radius 1 is 1.16 bits per heavy atom. The molecule has 1 amide bonds. The maximum atomic E-state index is 12.5. The first-order chi connectivity index (χ1) is 12.0. The Kier molecular flexibility index (Phi) is 6.00. The van der Waals surface area contributed by atoms with Gasteiger partial charge >= 0.3 is 0 Å². The minimum Gasteiger partial charge on any atom is -0.324 e. The van der Waals surface area contributed by atoms with Gasteiger partial charge in [-0.1, -0.05) is 59.1 Å². The Bertz CT molecular complexity index is 755. The predicted octanol–water partition coefficient (Wildman–Crippen LogP) is 5.15. The minimum absolute atomic E-state index is 0.0174. The molecule has 0 spiro atoms. The number of rotatable bonds is 4. The Balaban J connectivity index is 1.53. The molecule has 0 aromatic heterocycles. The molecule has 0 atom stereocenters. The Morgan fingerprint density at radius 2 is 1.88 bits per heavy atom. The minimum atomic E-state index is 0.0174. The first-order valence-corrected chi connectivity index (χ1v) is 9.31. The summed E-state index contributed by atoms with van der Waals surface area (Å²) in [5.74, 6) is 0.0446. The molecule has 1 saturated heterocycles. The number of hydrogen-bond acceptors (Lipinski definition) is 2. The van der Waals surface area contributed by atoms with E-state index in [0.29, 0.717) is 15.7 Å². The number of halogens is 2. The fraction of sp³-hybridized carbons (Fsp3) is 0.350. The number of amides is 1. The molecule has 5 heteroatoms. The maximum absolute atomic E-state index is 12.5. The van der Waals surface area contributed by atoms with Crippen molar-refractivity contribution in [3.63, 3.8) is 0 Å². The second-order valence-electron chi connectivity index (χ2n) is 6.63. The van der Waals surface area contributed by atoms with E-state index >= 15 is 0 Å². The lowest BCUT2D eigenvalue weighted by molar-refractivity contribution is -0.121. The van der Waals surface area contributed by atoms with E-state index < -0.39 is 0 Å². The lowest BCUT2D eigenvalue weighted by atomic mass is 9.95. The number of carbonyl (C=O) groups excluding carboxylic acids is 1. The van der Waals surface area contributed by atoms with Crippen molar-refractivity contribution in [2.75, 3.05) is 18.4 Å². The smallest absolute Gasteiger partial charge is 0.227 e. The number of aryl methyl sites for hydroxylation is 1. The zero-order chi connectivity index (χ0) is 17.8. The van der Waals surface area contributed by atoms with E-state index in [-0.39, 0.29) is 11.8 Å². The summed E-state index contributed by atoms with van der Waals surface area (Å²) in [7, 11) is 0. The number of benzene rings is 2. The standard InChI is InChI=1S/C20H22Cl2N2O/c1-14-4-2-5-15(12-14)13-24-10-8-16(9-11-24)20(25)23-18-7-3-6-17(21)19(18)22/h2-7,12,16H,8-11,13H2,1H3,(H,23,25). The van der Waals surface area contributed by atoms with Crippen LogP contribution in [-0.4, -0.2) is 23.9 Å². The molecule has 0 saturated carbocycles. The van der Waals surface area contributed by atoms with Crippen molar-refractivity contribution < 1.29 is 4.79 Å². The van der Waals surface area contributed by atoms with Gasteiger partial charge in [0.2, 0.25) is 5.91 Å². The average Bonchev–Trinajstić information content (AvgIpc) is 2.59. The van der Waals surface area contributed by atoms with Crippen molar-refractivity contribution in [3.8, 4) is 0 Å². The summed E-state index contributed by atoms with van der Waals surface area (Å²) < 4.78 is 0. The van der Waals surface area contributed by atoms with Gasteiger partial charge in [-0.05, 0) is 50.6 Å². The van der Waals surface area contributed by atoms with E-state index in [9.17, 15) is 4.79 Å². The molecule has 132 valence electrons. The maximum Gasteiger partial charge on any atom is 0.227 e. The highest BCUT2D eigenvalue weighted by molar-refractivity contribution is 6.44. The van der Waals surface area contributed by atoms with Crippen LogP contribution in [0.5, 0.6) is 0 Å². The second-order valence-corrected chi connectivity index (χ2v) is 7.42. The van der Waals surface area contributed by atoms with Crippen molar-refractivity contribution in [1.29, 1.82) is 0 Å². The third-order valence-electron chi connectivity index (χ3n) is 4.66. The van der Waals surface area contributed by atoms with Gasteiger partial charge in [0.15, 0.2) is 0 Å². The monoisotopic (exact) mass is 376 g/mol. The van der Waals surface area contributed by atoms with E-state index in [1.807, 2.05) is 0 Å². The fourth-order valence-corrected chi connectivity index (χ4v) is 3.60. The number of likely N-dealkylation sites (tertiary alicyclic amines) is 1. The molecule has 3 nitrogen and oxygen atoms in total. The molecule has 1 heterocycles. The molecule has 2 aromatic carbocycles. The number of carbonyl (C=O) groups is 1. The van der Waals surface area contributed by atoms with Gasteiger partial charge in [0.25, 0.3) is 0 Å². The van der Waals surface area contributed by atoms with Crippen molar-refractivity contribution in [3.05, 3.63) is 63.6 Å². The summed E-state index contributed by atoms with van der Waals surface area (Å²) in [6.07, 6.45) is 1.71. The van der Waals surface area contributed by atoms with Crippen LogP contribution in [0, 0.1) is 12.8 Å². The van der Waals surface area contributed by atoms with Gasteiger partial charge in [0.05, 0.1) is 15.7 Å². The van der Waals surface area contributed by atoms with Crippen molar-refractivity contribution >= 4 is 34.8 Å². The summed E-state index contributed by atoms with van der Waals surface area (Å²) in [5.41, 5.74) is 3.19. The molecule has 0 radical (unpaired) electrons. The Morgan fingerprint density at radius 3 is 2.60 bits per heavy atom. The zero-order valence-corrected chi connectivity index (χ0v) is 15.8. The zero-order valence-electron chi connectivity index (χ0n) is 14.3. The van der Waals surface area contributed by atoms with Gasteiger partial charge in [-0.15, -0.1) is 0 Å². The molecule has 1 fully saturated rings. The summed E-state index contributed by atoms with van der Waals surface area (Å²) in [6, 6.07) is 13.9. The number of nitrogens with one attached hydrogen (secondary N) is 1. The molecule has 0 bridgehead atoms. The highest BCUT2D eigenvalue weighted by Crippen LogP contribution is 2.30. The van der Waals surface area contributed by atoms with Crippen LogP contribution in [0.1, 0.15) is 24.0 Å². The third kappa shape index (κ3) is 4.75. The number of nitrogens with zero attached hydrogens (tertiary/aromatic N) is 1. The van der Waals surface area contributed by atoms with Crippen molar-refractivity contribution in [2.45, 2.75) is 26.3 Å². The molecule has 0 unspecified atom stereocenters. The van der Waals surface area contributed by atoms with Crippen molar-refractivity contribution in [1.82, 2.24) is 4.90 Å². The second kappa shape index (κ2) is 8.22. The molecule has 1 aliphatic rings. The van der Waals surface area contributed by atoms with Gasteiger partial charge in [0.1, 0.15) is 0 Å². The van der Waals surface area contributed by atoms with E-state index in [0.717, 1.165) is 32.5 Å². The summed E-state index contributed by atoms with van der Waals surface area (Å²) in [5, 5.41) is 3.77. The van der Waals surface area contributed by atoms with Crippen molar-refractivity contribution in [2.24, 2.45) is 5.92 Å². The number of anilines is 1. The number of piperidine rings is 1. The first kappa shape index (κ1) is 18.2. The highest BCUT2D eigenvalue weighted by Gasteiger charge is 2.25. The SMILES string of the molecule is Cc1cccc(CN2CCC(C(=O)Nc3cccc(Cl)c3Cl)CC2)c1. The predicted molar refractivity (Wildman–Crippen MR) is 104 cm³/mol. The molecule has 3 rings (SSSR count). The van der Waals surface area contributed by atoms with Crippen LogP contribution in [0.25, 0.3) is 0 Å². The van der Waals surface area contributed by atoms with E-state index in [4.69, 9.17) is 23.2 Å². The Hall–Kier alpha value is -1.55. The summed E-state index contributed by atoms with van der Waals surface area (Å²) >= 11 is 12.1. The first-order valence-electron chi connectivity index (χ1n) is 8.55. The largest absolute Gasteiger partial charge is 0.324 e. The van der Waals surface area contributed by atoms with Crippen LogP contribution in [0.15, 0.2) is 42.5 Å². The quantitative estimate of drug-likeness (QED) is 0.799. The summed E-state index contributed by atoms with van der Waals surface area (Å²) in [4.78, 5) is 14.9. The van der Waals surface area contributed by atoms with E-state index in [1.165, 1.54) is 11.1 Å². The lowest BCUT2D eigenvalue weighted by Gasteiger charge is -2.31. The van der Waals surface area contributed by atoms with E-state index in [1.54, 1.807) is 18.2 Å². The molecule has 25 heavy (non-hydrogen) atoms. The number of hydrogen-bond donors (Lipinski definition) is 1. The molecule has 0 aliphatic carbocycles.